The van der Waals surface area contributed by atoms with Crippen LogP contribution < -0.4 is 11.1 Å². The number of nitrogens with one attached hydrogen (secondary N) is 1. The van der Waals surface area contributed by atoms with E-state index in [1.54, 1.807) is 42.9 Å². The van der Waals surface area contributed by atoms with Crippen LogP contribution >= 0.6 is 11.3 Å². The Morgan fingerprint density at radius 2 is 2.15 bits per heavy atom. The number of oxazole rings is 1. The molecule has 3 heterocycles. The second-order valence-corrected chi connectivity index (χ2v) is 6.29. The molecule has 0 saturated carbocycles. The van der Waals surface area contributed by atoms with E-state index in [0.29, 0.717) is 22.5 Å². The summed E-state index contributed by atoms with van der Waals surface area (Å²) in [5.74, 6) is -0.854. The molecule has 9 heteroatoms. The van der Waals surface area contributed by atoms with Crippen LogP contribution in [0.2, 0.25) is 0 Å². The number of carbonyl (C=O) groups is 1. The topological polar surface area (TPSA) is 103 Å². The van der Waals surface area contributed by atoms with Gasteiger partial charge in [-0.05, 0) is 12.1 Å². The van der Waals surface area contributed by atoms with Crippen molar-refractivity contribution >= 4 is 28.3 Å². The molecule has 0 atom stereocenters. The summed E-state index contributed by atoms with van der Waals surface area (Å²) in [7, 11) is 0. The summed E-state index contributed by atoms with van der Waals surface area (Å²) in [5.41, 5.74) is 2.45. The average Bonchev–Trinajstić information content (AvgIpc) is 3.26. The van der Waals surface area contributed by atoms with Gasteiger partial charge in [-0.15, -0.1) is 11.3 Å². The van der Waals surface area contributed by atoms with Gasteiger partial charge in [0.2, 0.25) is 5.91 Å². The number of benzene rings is 1. The normalized spacial score (nSPS) is 10.9. The van der Waals surface area contributed by atoms with Crippen LogP contribution in [0.15, 0.2) is 57.4 Å². The Morgan fingerprint density at radius 3 is 3.00 bits per heavy atom. The van der Waals surface area contributed by atoms with Gasteiger partial charge in [0.25, 0.3) is 0 Å². The predicted molar refractivity (Wildman–Crippen MR) is 95.5 cm³/mol. The van der Waals surface area contributed by atoms with Gasteiger partial charge in [0, 0.05) is 17.8 Å². The minimum absolute atomic E-state index is 0.114. The van der Waals surface area contributed by atoms with Crippen LogP contribution in [0.25, 0.3) is 21.8 Å². The Labute approximate surface area is 151 Å². The molecular weight excluding hydrogens is 354 g/mol. The van der Waals surface area contributed by atoms with Gasteiger partial charge in [-0.3, -0.25) is 19.3 Å². The minimum atomic E-state index is -0.556. The molecule has 0 fully saturated rings. The van der Waals surface area contributed by atoms with Crippen molar-refractivity contribution in [1.82, 2.24) is 24.8 Å². The second-order valence-electron chi connectivity index (χ2n) is 5.43. The number of amides is 1. The van der Waals surface area contributed by atoms with Crippen molar-refractivity contribution in [3.05, 3.63) is 64.5 Å². The molecule has 1 N–H and O–H groups in total. The first-order valence-corrected chi connectivity index (χ1v) is 8.64. The lowest BCUT2D eigenvalue weighted by atomic mass is 10.3. The number of hydrogen-bond donors (Lipinski definition) is 1. The van der Waals surface area contributed by atoms with E-state index in [2.05, 4.69) is 20.3 Å². The summed E-state index contributed by atoms with van der Waals surface area (Å²) >= 11 is 1.43. The number of hydrogen-bond acceptors (Lipinski definition) is 7. The Kier molecular flexibility index (Phi) is 4.28. The minimum Gasteiger partial charge on any atom is -0.408 e. The molecule has 4 rings (SSSR count). The third kappa shape index (κ3) is 3.24. The first-order chi connectivity index (χ1) is 12.7. The van der Waals surface area contributed by atoms with E-state index < -0.39 is 5.76 Å². The third-order valence-electron chi connectivity index (χ3n) is 3.68. The summed E-state index contributed by atoms with van der Waals surface area (Å²) in [6.45, 7) is 0.150. The molecule has 4 aromatic rings. The van der Waals surface area contributed by atoms with E-state index in [4.69, 9.17) is 4.42 Å². The van der Waals surface area contributed by atoms with Gasteiger partial charge in [-0.2, -0.15) is 0 Å². The Bertz CT molecular complexity index is 1120. The van der Waals surface area contributed by atoms with Crippen molar-refractivity contribution in [1.29, 1.82) is 0 Å². The molecule has 0 aliphatic heterocycles. The summed E-state index contributed by atoms with van der Waals surface area (Å²) in [6.07, 6.45) is 4.84. The van der Waals surface area contributed by atoms with Crippen LogP contribution in [-0.4, -0.2) is 25.4 Å². The van der Waals surface area contributed by atoms with Crippen molar-refractivity contribution < 1.29 is 9.21 Å². The number of nitrogens with zero attached hydrogens (tertiary/aromatic N) is 4. The summed E-state index contributed by atoms with van der Waals surface area (Å²) < 4.78 is 6.42. The van der Waals surface area contributed by atoms with Gasteiger partial charge in [-0.25, -0.2) is 9.78 Å². The molecule has 0 bridgehead atoms. The van der Waals surface area contributed by atoms with Crippen LogP contribution in [0.5, 0.6) is 0 Å². The summed E-state index contributed by atoms with van der Waals surface area (Å²) in [5, 5.41) is 5.35. The first-order valence-electron chi connectivity index (χ1n) is 7.76. The van der Waals surface area contributed by atoms with Crippen molar-refractivity contribution in [3.63, 3.8) is 0 Å². The monoisotopic (exact) mass is 367 g/mol. The fourth-order valence-corrected chi connectivity index (χ4v) is 3.25. The van der Waals surface area contributed by atoms with Gasteiger partial charge in [0.1, 0.15) is 17.2 Å². The van der Waals surface area contributed by atoms with E-state index >= 15 is 0 Å². The molecule has 1 amide bonds. The molecular formula is C17H13N5O3S. The number of carbonyl (C=O) groups excluding carboxylic acids is 1. The maximum atomic E-state index is 12.2. The lowest BCUT2D eigenvalue weighted by Crippen LogP contribution is -2.30. The standard InChI is InChI=1S/C17H13N5O3S/c23-15(9-22-13-3-1-2-4-14(13)25-17(22)24)20-7-11-10-26-16(21-11)12-8-18-5-6-19-12/h1-6,8,10H,7,9H2,(H,20,23). The zero-order valence-electron chi connectivity index (χ0n) is 13.5. The maximum absolute atomic E-state index is 12.2. The number of fused-ring (bicyclic) bond motifs is 1. The van der Waals surface area contributed by atoms with Crippen molar-refractivity contribution in [2.45, 2.75) is 13.1 Å². The number of para-hydroxylation sites is 2. The lowest BCUT2D eigenvalue weighted by molar-refractivity contribution is -0.121. The zero-order valence-corrected chi connectivity index (χ0v) is 14.3. The molecule has 1 aromatic carbocycles. The molecule has 3 aromatic heterocycles. The lowest BCUT2D eigenvalue weighted by Gasteiger charge is -2.04. The molecule has 0 aliphatic carbocycles. The van der Waals surface area contributed by atoms with Crippen LogP contribution in [-0.2, 0) is 17.9 Å². The Morgan fingerprint density at radius 1 is 1.27 bits per heavy atom. The fourth-order valence-electron chi connectivity index (χ4n) is 2.47. The van der Waals surface area contributed by atoms with E-state index in [0.717, 1.165) is 5.01 Å². The molecule has 8 nitrogen and oxygen atoms in total. The van der Waals surface area contributed by atoms with Gasteiger partial charge in [0.15, 0.2) is 5.58 Å². The predicted octanol–water partition coefficient (Wildman–Crippen LogP) is 1.82. The molecule has 130 valence electrons. The molecule has 0 aliphatic rings. The Hall–Kier alpha value is -3.33. The Balaban J connectivity index is 1.42. The first kappa shape index (κ1) is 16.2. The van der Waals surface area contributed by atoms with E-state index in [-0.39, 0.29) is 19.0 Å². The van der Waals surface area contributed by atoms with Crippen molar-refractivity contribution in [2.24, 2.45) is 0 Å². The molecule has 0 saturated heterocycles. The number of rotatable bonds is 5. The van der Waals surface area contributed by atoms with Crippen molar-refractivity contribution in [3.8, 4) is 10.7 Å². The highest BCUT2D eigenvalue weighted by atomic mass is 32.1. The smallest absolute Gasteiger partial charge is 0.408 e. The van der Waals surface area contributed by atoms with E-state index in [1.807, 2.05) is 5.38 Å². The third-order valence-corrected chi connectivity index (χ3v) is 4.59. The number of aromatic nitrogens is 4. The fraction of sp³-hybridized carbons (Fsp3) is 0.118. The SMILES string of the molecule is O=C(Cn1c(=O)oc2ccccc21)NCc1csc(-c2cnccn2)n1. The zero-order chi connectivity index (χ0) is 17.9. The molecule has 0 radical (unpaired) electrons. The van der Waals surface area contributed by atoms with Crippen LogP contribution in [0.1, 0.15) is 5.69 Å². The highest BCUT2D eigenvalue weighted by molar-refractivity contribution is 7.13. The average molecular weight is 367 g/mol. The van der Waals surface area contributed by atoms with Gasteiger partial charge < -0.3 is 9.73 Å². The van der Waals surface area contributed by atoms with Crippen molar-refractivity contribution in [2.75, 3.05) is 0 Å². The van der Waals surface area contributed by atoms with Gasteiger partial charge in [-0.1, -0.05) is 12.1 Å². The van der Waals surface area contributed by atoms with Gasteiger partial charge in [0.05, 0.1) is 24.0 Å². The highest BCUT2D eigenvalue weighted by Gasteiger charge is 2.13. The van der Waals surface area contributed by atoms with Crippen LogP contribution in [0.3, 0.4) is 0 Å². The molecule has 0 unspecified atom stereocenters. The van der Waals surface area contributed by atoms with Gasteiger partial charge >= 0.3 is 5.76 Å². The number of thiazole rings is 1. The van der Waals surface area contributed by atoms with Crippen LogP contribution in [0.4, 0.5) is 0 Å². The van der Waals surface area contributed by atoms with E-state index in [1.165, 1.54) is 15.9 Å². The summed E-state index contributed by atoms with van der Waals surface area (Å²) in [6, 6.07) is 6.98. The van der Waals surface area contributed by atoms with Crippen LogP contribution in [0, 0.1) is 0 Å². The molecule has 0 spiro atoms. The highest BCUT2D eigenvalue weighted by Crippen LogP contribution is 2.20. The second kappa shape index (κ2) is 6.89. The van der Waals surface area contributed by atoms with E-state index in [9.17, 15) is 9.59 Å². The largest absolute Gasteiger partial charge is 0.420 e. The molecule has 26 heavy (non-hydrogen) atoms. The maximum Gasteiger partial charge on any atom is 0.420 e. The summed E-state index contributed by atoms with van der Waals surface area (Å²) in [4.78, 5) is 36.7. The quantitative estimate of drug-likeness (QED) is 0.577.